The van der Waals surface area contributed by atoms with Crippen LogP contribution in [0.15, 0.2) is 18.2 Å². The first-order chi connectivity index (χ1) is 12.9. The second-order valence-electron chi connectivity index (χ2n) is 6.75. The summed E-state index contributed by atoms with van der Waals surface area (Å²) in [7, 11) is 3.64. The van der Waals surface area contributed by atoms with Gasteiger partial charge in [0.05, 0.1) is 12.3 Å². The van der Waals surface area contributed by atoms with Gasteiger partial charge in [0.2, 0.25) is 5.91 Å². The van der Waals surface area contributed by atoms with Gasteiger partial charge in [0, 0.05) is 31.8 Å². The van der Waals surface area contributed by atoms with Gasteiger partial charge in [-0.2, -0.15) is 0 Å². The van der Waals surface area contributed by atoms with Crippen molar-refractivity contribution in [2.24, 2.45) is 0 Å². The highest BCUT2D eigenvalue weighted by Gasteiger charge is 2.27. The maximum absolute atomic E-state index is 14.2. The Balaban J connectivity index is 2.11. The number of likely N-dealkylation sites (tertiary alicyclic amines) is 1. The number of halogens is 1. The van der Waals surface area contributed by atoms with E-state index in [0.717, 1.165) is 25.9 Å². The summed E-state index contributed by atoms with van der Waals surface area (Å²) in [5.41, 5.74) is 0.491. The first-order valence-electron chi connectivity index (χ1n) is 9.29. The largest absolute Gasteiger partial charge is 0.383 e. The Morgan fingerprint density at radius 3 is 2.63 bits per heavy atom. The molecule has 0 atom stereocenters. The fourth-order valence-corrected chi connectivity index (χ4v) is 3.08. The lowest BCUT2D eigenvalue weighted by molar-refractivity contribution is -0.115. The van der Waals surface area contributed by atoms with Crippen molar-refractivity contribution in [3.63, 3.8) is 0 Å². The molecule has 2 N–H and O–H groups in total. The van der Waals surface area contributed by atoms with Crippen LogP contribution in [0, 0.1) is 5.82 Å². The first-order valence-corrected chi connectivity index (χ1v) is 9.29. The third-order valence-electron chi connectivity index (χ3n) is 4.74. The fourth-order valence-electron chi connectivity index (χ4n) is 3.08. The summed E-state index contributed by atoms with van der Waals surface area (Å²) in [5.74, 6) is -0.722. The van der Waals surface area contributed by atoms with Gasteiger partial charge in [0.25, 0.3) is 0 Å². The number of benzene rings is 1. The highest BCUT2D eigenvalue weighted by molar-refractivity contribution is 5.93. The monoisotopic (exact) mass is 380 g/mol. The molecule has 0 aromatic heterocycles. The zero-order valence-corrected chi connectivity index (χ0v) is 16.3. The quantitative estimate of drug-likeness (QED) is 0.763. The molecular formula is C19H29FN4O3. The molecule has 7 nitrogen and oxygen atoms in total. The number of ether oxygens (including phenoxy) is 1. The third-order valence-corrected chi connectivity index (χ3v) is 4.74. The Kier molecular flexibility index (Phi) is 7.99. The Labute approximate surface area is 159 Å². The molecule has 1 aromatic carbocycles. The van der Waals surface area contributed by atoms with Gasteiger partial charge in [0.15, 0.2) is 0 Å². The number of rotatable bonds is 7. The van der Waals surface area contributed by atoms with E-state index in [1.807, 2.05) is 0 Å². The normalized spacial score (nSPS) is 15.4. The summed E-state index contributed by atoms with van der Waals surface area (Å²) >= 11 is 0. The molecule has 1 aromatic rings. The number of carbonyl (C=O) groups excluding carboxylic acids is 2. The minimum Gasteiger partial charge on any atom is -0.383 e. The molecule has 0 aliphatic carbocycles. The highest BCUT2D eigenvalue weighted by Crippen LogP contribution is 2.22. The Bertz CT molecular complexity index is 648. The van der Waals surface area contributed by atoms with Crippen LogP contribution >= 0.6 is 0 Å². The van der Waals surface area contributed by atoms with Gasteiger partial charge in [-0.05, 0) is 51.2 Å². The molecule has 1 aliphatic rings. The molecule has 1 heterocycles. The average molecular weight is 380 g/mol. The predicted octanol–water partition coefficient (Wildman–Crippen LogP) is 2.75. The van der Waals surface area contributed by atoms with Crippen LogP contribution in [0.25, 0.3) is 0 Å². The van der Waals surface area contributed by atoms with Gasteiger partial charge in [-0.15, -0.1) is 0 Å². The molecule has 3 amide bonds. The number of anilines is 2. The minimum absolute atomic E-state index is 0.0456. The van der Waals surface area contributed by atoms with Crippen LogP contribution in [0.3, 0.4) is 0 Å². The number of hydrogen-bond acceptors (Lipinski definition) is 4. The van der Waals surface area contributed by atoms with Gasteiger partial charge >= 0.3 is 6.03 Å². The van der Waals surface area contributed by atoms with Gasteiger partial charge in [0.1, 0.15) is 5.82 Å². The maximum Gasteiger partial charge on any atom is 0.322 e. The number of nitrogens with zero attached hydrogens (tertiary/aromatic N) is 2. The van der Waals surface area contributed by atoms with Crippen LogP contribution in [-0.4, -0.2) is 68.2 Å². The molecule has 150 valence electrons. The standard InChI is InChI=1S/C19H29FN4O3/c1-4-18(25)21-14-5-6-16(20)17(13-14)22-19(26)24(11-12-27-3)15-7-9-23(2)10-8-15/h5-6,13,15H,4,7-12H2,1-3H3,(H,21,25)(H,22,26). The topological polar surface area (TPSA) is 73.9 Å². The van der Waals surface area contributed by atoms with E-state index in [4.69, 9.17) is 4.74 Å². The van der Waals surface area contributed by atoms with Crippen LogP contribution < -0.4 is 10.6 Å². The number of amides is 3. The fraction of sp³-hybridized carbons (Fsp3) is 0.579. The van der Waals surface area contributed by atoms with E-state index in [0.29, 0.717) is 25.3 Å². The average Bonchev–Trinajstić information content (AvgIpc) is 2.66. The summed E-state index contributed by atoms with van der Waals surface area (Å²) in [6.07, 6.45) is 2.05. The van der Waals surface area contributed by atoms with Crippen molar-refractivity contribution in [1.82, 2.24) is 9.80 Å². The van der Waals surface area contributed by atoms with Crippen molar-refractivity contribution in [2.75, 3.05) is 51.0 Å². The van der Waals surface area contributed by atoms with Crippen molar-refractivity contribution >= 4 is 23.3 Å². The number of carbonyl (C=O) groups is 2. The molecule has 0 spiro atoms. The molecule has 2 rings (SSSR count). The lowest BCUT2D eigenvalue weighted by Crippen LogP contribution is -2.49. The van der Waals surface area contributed by atoms with Gasteiger partial charge < -0.3 is 25.2 Å². The number of nitrogens with one attached hydrogen (secondary N) is 2. The van der Waals surface area contributed by atoms with Crippen molar-refractivity contribution in [3.8, 4) is 0 Å². The van der Waals surface area contributed by atoms with Gasteiger partial charge in [-0.1, -0.05) is 6.92 Å². The number of methoxy groups -OCH3 is 1. The molecule has 27 heavy (non-hydrogen) atoms. The van der Waals surface area contributed by atoms with E-state index in [-0.39, 0.29) is 23.7 Å². The molecule has 1 saturated heterocycles. The van der Waals surface area contributed by atoms with Gasteiger partial charge in [-0.25, -0.2) is 9.18 Å². The number of piperidine rings is 1. The second kappa shape index (κ2) is 10.2. The molecule has 0 radical (unpaired) electrons. The molecule has 0 bridgehead atoms. The zero-order chi connectivity index (χ0) is 19.8. The summed E-state index contributed by atoms with van der Waals surface area (Å²) in [6.45, 7) is 4.40. The first kappa shape index (κ1) is 21.1. The summed E-state index contributed by atoms with van der Waals surface area (Å²) in [5, 5.41) is 5.32. The molecular weight excluding hydrogens is 351 g/mol. The number of urea groups is 1. The molecule has 8 heteroatoms. The Hall–Kier alpha value is -2.19. The van der Waals surface area contributed by atoms with Gasteiger partial charge in [-0.3, -0.25) is 4.79 Å². The molecule has 1 aliphatic heterocycles. The Morgan fingerprint density at radius 1 is 1.30 bits per heavy atom. The summed E-state index contributed by atoms with van der Waals surface area (Å²) in [4.78, 5) is 28.3. The van der Waals surface area contributed by atoms with Crippen molar-refractivity contribution in [3.05, 3.63) is 24.0 Å². The van der Waals surface area contributed by atoms with E-state index >= 15 is 0 Å². The summed E-state index contributed by atoms with van der Waals surface area (Å²) < 4.78 is 19.3. The third kappa shape index (κ3) is 6.18. The van der Waals surface area contributed by atoms with Crippen molar-refractivity contribution < 1.29 is 18.7 Å². The second-order valence-corrected chi connectivity index (χ2v) is 6.75. The van der Waals surface area contributed by atoms with Crippen LogP contribution in [0.2, 0.25) is 0 Å². The van der Waals surface area contributed by atoms with Crippen molar-refractivity contribution in [2.45, 2.75) is 32.2 Å². The van der Waals surface area contributed by atoms with E-state index in [9.17, 15) is 14.0 Å². The van der Waals surface area contributed by atoms with Crippen molar-refractivity contribution in [1.29, 1.82) is 0 Å². The number of hydrogen-bond donors (Lipinski definition) is 2. The highest BCUT2D eigenvalue weighted by atomic mass is 19.1. The smallest absolute Gasteiger partial charge is 0.322 e. The van der Waals surface area contributed by atoms with E-state index in [1.165, 1.54) is 18.2 Å². The Morgan fingerprint density at radius 2 is 2.00 bits per heavy atom. The SMILES string of the molecule is CCC(=O)Nc1ccc(F)c(NC(=O)N(CCOC)C2CCN(C)CC2)c1. The van der Waals surface area contributed by atoms with Crippen LogP contribution in [0.4, 0.5) is 20.6 Å². The molecule has 1 fully saturated rings. The van der Waals surface area contributed by atoms with Crippen LogP contribution in [-0.2, 0) is 9.53 Å². The lowest BCUT2D eigenvalue weighted by atomic mass is 10.0. The summed E-state index contributed by atoms with van der Waals surface area (Å²) in [6, 6.07) is 3.86. The zero-order valence-electron chi connectivity index (χ0n) is 16.3. The minimum atomic E-state index is -0.548. The molecule has 0 unspecified atom stereocenters. The van der Waals surface area contributed by atoms with E-state index in [1.54, 1.807) is 18.9 Å². The van der Waals surface area contributed by atoms with Crippen LogP contribution in [0.1, 0.15) is 26.2 Å². The maximum atomic E-state index is 14.2. The van der Waals surface area contributed by atoms with E-state index < -0.39 is 5.82 Å². The molecule has 0 saturated carbocycles. The van der Waals surface area contributed by atoms with E-state index in [2.05, 4.69) is 22.6 Å². The lowest BCUT2D eigenvalue weighted by Gasteiger charge is -2.37. The van der Waals surface area contributed by atoms with Crippen LogP contribution in [0.5, 0.6) is 0 Å². The predicted molar refractivity (Wildman–Crippen MR) is 103 cm³/mol.